The minimum absolute atomic E-state index is 0.104. The van der Waals surface area contributed by atoms with Gasteiger partial charge in [0.2, 0.25) is 0 Å². The highest BCUT2D eigenvalue weighted by atomic mass is 16.5. The number of carbonyl (C=O) groups is 2. The van der Waals surface area contributed by atoms with Crippen molar-refractivity contribution in [2.45, 2.75) is 12.5 Å². The van der Waals surface area contributed by atoms with Crippen LogP contribution in [0.1, 0.15) is 17.3 Å². The van der Waals surface area contributed by atoms with Gasteiger partial charge in [-0.05, 0) is 25.1 Å². The highest BCUT2D eigenvalue weighted by Gasteiger charge is 2.39. The van der Waals surface area contributed by atoms with E-state index in [1.807, 2.05) is 0 Å². The Morgan fingerprint density at radius 3 is 2.75 bits per heavy atom. The Labute approximate surface area is 117 Å². The molecule has 1 aromatic carbocycles. The molecule has 1 heterocycles. The molecular formula is C14H18N2O4. The minimum atomic E-state index is -0.783. The molecule has 0 unspecified atom stereocenters. The Bertz CT molecular complexity index is 520. The Morgan fingerprint density at radius 2 is 2.15 bits per heavy atom. The summed E-state index contributed by atoms with van der Waals surface area (Å²) >= 11 is 0. The highest BCUT2D eigenvalue weighted by molar-refractivity contribution is 5.94. The Hall–Kier alpha value is -2.08. The predicted octanol–water partition coefficient (Wildman–Crippen LogP) is 0.0182. The Morgan fingerprint density at radius 1 is 1.45 bits per heavy atom. The average Bonchev–Trinajstić information content (AvgIpc) is 2.41. The van der Waals surface area contributed by atoms with Gasteiger partial charge in [-0.1, -0.05) is 6.07 Å². The summed E-state index contributed by atoms with van der Waals surface area (Å²) in [6.45, 7) is 2.23. The predicted molar refractivity (Wildman–Crippen MR) is 72.5 cm³/mol. The third-order valence-corrected chi connectivity index (χ3v) is 3.10. The molecule has 0 aliphatic carbocycles. The molecule has 2 N–H and O–H groups in total. The number of ether oxygens (including phenoxy) is 1. The van der Waals surface area contributed by atoms with Gasteiger partial charge >= 0.3 is 0 Å². The average molecular weight is 278 g/mol. The molecular weight excluding hydrogens is 260 g/mol. The zero-order valence-electron chi connectivity index (χ0n) is 11.5. The molecule has 1 aliphatic heterocycles. The summed E-state index contributed by atoms with van der Waals surface area (Å²) in [4.78, 5) is 24.8. The fourth-order valence-corrected chi connectivity index (χ4v) is 2.06. The van der Waals surface area contributed by atoms with Crippen LogP contribution in [0.2, 0.25) is 0 Å². The smallest absolute Gasteiger partial charge is 0.260 e. The van der Waals surface area contributed by atoms with Crippen molar-refractivity contribution in [2.24, 2.45) is 0 Å². The largest absolute Gasteiger partial charge is 0.484 e. The summed E-state index contributed by atoms with van der Waals surface area (Å²) in [5, 5.41) is 12.1. The summed E-state index contributed by atoms with van der Waals surface area (Å²) < 4.78 is 5.38. The van der Waals surface area contributed by atoms with Crippen LogP contribution in [0.4, 0.5) is 0 Å². The fourth-order valence-electron chi connectivity index (χ4n) is 2.06. The maximum atomic E-state index is 11.8. The molecule has 20 heavy (non-hydrogen) atoms. The molecule has 0 saturated carbocycles. The van der Waals surface area contributed by atoms with Gasteiger partial charge in [-0.3, -0.25) is 9.59 Å². The molecule has 2 amide bonds. The first-order chi connectivity index (χ1) is 9.41. The van der Waals surface area contributed by atoms with Crippen LogP contribution in [0.5, 0.6) is 5.75 Å². The van der Waals surface area contributed by atoms with Gasteiger partial charge in [0.05, 0.1) is 18.7 Å². The molecule has 1 aromatic rings. The van der Waals surface area contributed by atoms with Gasteiger partial charge in [0.1, 0.15) is 5.75 Å². The van der Waals surface area contributed by atoms with Gasteiger partial charge in [0, 0.05) is 12.6 Å². The number of benzene rings is 1. The lowest BCUT2D eigenvalue weighted by Crippen LogP contribution is -2.62. The molecule has 1 aliphatic rings. The Balaban J connectivity index is 1.88. The van der Waals surface area contributed by atoms with Crippen LogP contribution in [0.25, 0.3) is 0 Å². The van der Waals surface area contributed by atoms with Gasteiger partial charge in [-0.25, -0.2) is 0 Å². The Kier molecular flexibility index (Phi) is 3.94. The first-order valence-corrected chi connectivity index (χ1v) is 6.36. The van der Waals surface area contributed by atoms with E-state index in [0.29, 0.717) is 24.4 Å². The number of aliphatic hydroxyl groups is 1. The quantitative estimate of drug-likeness (QED) is 0.813. The van der Waals surface area contributed by atoms with Gasteiger partial charge < -0.3 is 20.1 Å². The summed E-state index contributed by atoms with van der Waals surface area (Å²) in [7, 11) is 1.55. The number of nitrogens with one attached hydrogen (secondary N) is 1. The minimum Gasteiger partial charge on any atom is -0.484 e. The summed E-state index contributed by atoms with van der Waals surface area (Å²) in [5.74, 6) is 0.0779. The van der Waals surface area contributed by atoms with E-state index in [9.17, 15) is 14.7 Å². The first kappa shape index (κ1) is 14.3. The van der Waals surface area contributed by atoms with Gasteiger partial charge in [-0.15, -0.1) is 0 Å². The van der Waals surface area contributed by atoms with Crippen molar-refractivity contribution >= 4 is 11.8 Å². The lowest BCUT2D eigenvalue weighted by Gasteiger charge is -2.43. The third kappa shape index (κ3) is 3.27. The fraction of sp³-hybridized carbons (Fsp3) is 0.429. The van der Waals surface area contributed by atoms with Gasteiger partial charge in [0.15, 0.2) is 6.61 Å². The van der Waals surface area contributed by atoms with Crippen molar-refractivity contribution in [3.8, 4) is 5.75 Å². The molecule has 0 spiro atoms. The number of β-amino-alcohol motifs (C(OH)–C–C–N with tert-alkyl or cyclic N) is 1. The maximum absolute atomic E-state index is 11.8. The van der Waals surface area contributed by atoms with E-state index >= 15 is 0 Å². The molecule has 6 heteroatoms. The zero-order valence-corrected chi connectivity index (χ0v) is 11.5. The summed E-state index contributed by atoms with van der Waals surface area (Å²) in [6, 6.07) is 6.63. The van der Waals surface area contributed by atoms with Gasteiger partial charge in [-0.2, -0.15) is 0 Å². The standard InChI is InChI=1S/C14H18N2O4/c1-14(19)8-16(9-14)12(17)7-20-11-5-3-4-10(6-11)13(18)15-2/h3-6,19H,7-9H2,1-2H3,(H,15,18). The SMILES string of the molecule is CNC(=O)c1cccc(OCC(=O)N2CC(C)(O)C2)c1. The van der Waals surface area contributed by atoms with E-state index in [2.05, 4.69) is 5.32 Å². The monoisotopic (exact) mass is 278 g/mol. The van der Waals surface area contributed by atoms with E-state index in [-0.39, 0.29) is 18.4 Å². The van der Waals surface area contributed by atoms with Crippen LogP contribution in [-0.4, -0.2) is 54.2 Å². The molecule has 0 bridgehead atoms. The third-order valence-electron chi connectivity index (χ3n) is 3.10. The topological polar surface area (TPSA) is 78.9 Å². The van der Waals surface area contributed by atoms with E-state index in [4.69, 9.17) is 4.74 Å². The van der Waals surface area contributed by atoms with Crippen LogP contribution in [0.15, 0.2) is 24.3 Å². The van der Waals surface area contributed by atoms with Crippen molar-refractivity contribution in [3.05, 3.63) is 29.8 Å². The van der Waals surface area contributed by atoms with E-state index in [1.54, 1.807) is 38.2 Å². The molecule has 1 saturated heterocycles. The van der Waals surface area contributed by atoms with Crippen LogP contribution in [0.3, 0.4) is 0 Å². The van der Waals surface area contributed by atoms with Crippen molar-refractivity contribution < 1.29 is 19.4 Å². The lowest BCUT2D eigenvalue weighted by molar-refractivity contribution is -0.154. The summed E-state index contributed by atoms with van der Waals surface area (Å²) in [5.41, 5.74) is -0.307. The van der Waals surface area contributed by atoms with Crippen molar-refractivity contribution in [1.82, 2.24) is 10.2 Å². The molecule has 0 radical (unpaired) electrons. The van der Waals surface area contributed by atoms with Crippen LogP contribution >= 0.6 is 0 Å². The van der Waals surface area contributed by atoms with Crippen LogP contribution < -0.4 is 10.1 Å². The first-order valence-electron chi connectivity index (χ1n) is 6.36. The number of carbonyl (C=O) groups excluding carboxylic acids is 2. The number of hydrogen-bond donors (Lipinski definition) is 2. The number of rotatable bonds is 4. The van der Waals surface area contributed by atoms with Crippen molar-refractivity contribution in [1.29, 1.82) is 0 Å². The molecule has 0 atom stereocenters. The van der Waals surface area contributed by atoms with E-state index < -0.39 is 5.60 Å². The zero-order chi connectivity index (χ0) is 14.8. The van der Waals surface area contributed by atoms with Crippen LogP contribution in [-0.2, 0) is 4.79 Å². The second-order valence-corrected chi connectivity index (χ2v) is 5.14. The molecule has 1 fully saturated rings. The van der Waals surface area contributed by atoms with Crippen LogP contribution in [0, 0.1) is 0 Å². The molecule has 108 valence electrons. The second kappa shape index (κ2) is 5.50. The second-order valence-electron chi connectivity index (χ2n) is 5.14. The maximum Gasteiger partial charge on any atom is 0.260 e. The van der Waals surface area contributed by atoms with E-state index in [1.165, 1.54) is 4.90 Å². The highest BCUT2D eigenvalue weighted by Crippen LogP contribution is 2.20. The lowest BCUT2D eigenvalue weighted by atomic mass is 9.97. The molecule has 0 aromatic heterocycles. The number of hydrogen-bond acceptors (Lipinski definition) is 4. The summed E-state index contributed by atoms with van der Waals surface area (Å²) in [6.07, 6.45) is 0. The van der Waals surface area contributed by atoms with E-state index in [0.717, 1.165) is 0 Å². The van der Waals surface area contributed by atoms with Crippen molar-refractivity contribution in [3.63, 3.8) is 0 Å². The molecule has 6 nitrogen and oxygen atoms in total. The number of amides is 2. The normalized spacial score (nSPS) is 16.2. The number of likely N-dealkylation sites (tertiary alicyclic amines) is 1. The van der Waals surface area contributed by atoms with Crippen molar-refractivity contribution in [2.75, 3.05) is 26.7 Å². The number of nitrogens with zero attached hydrogens (tertiary/aromatic N) is 1. The van der Waals surface area contributed by atoms with Gasteiger partial charge in [0.25, 0.3) is 11.8 Å². The molecule has 2 rings (SSSR count).